The summed E-state index contributed by atoms with van der Waals surface area (Å²) in [5.74, 6) is 1.54. The molecule has 0 saturated carbocycles. The molecule has 0 aliphatic carbocycles. The van der Waals surface area contributed by atoms with Gasteiger partial charge in [0.1, 0.15) is 11.6 Å². The highest BCUT2D eigenvalue weighted by molar-refractivity contribution is 7.89. The predicted octanol–water partition coefficient (Wildman–Crippen LogP) is 4.45. The van der Waals surface area contributed by atoms with Gasteiger partial charge >= 0.3 is 0 Å². The number of aromatic nitrogens is 2. The molecular formula is C23H21N3O3S. The molecule has 0 unspecified atom stereocenters. The molecule has 152 valence electrons. The maximum absolute atomic E-state index is 11.9. The van der Waals surface area contributed by atoms with Gasteiger partial charge in [0.15, 0.2) is 0 Å². The van der Waals surface area contributed by atoms with Crippen molar-refractivity contribution in [3.63, 3.8) is 0 Å². The number of fused-ring (bicyclic) bond motifs is 1. The standard InChI is InChI=1S/C23H21N3O3S/c1-2-29-18-11-7-16(8-12-18)9-14-23-25-20-13-10-17(15-21(20)26-23)19-5-3-4-6-22(19)30(24,27)28/h3-15H,2H2,1H3,(H,25,26)(H2,24,27,28)/b14-9+. The van der Waals surface area contributed by atoms with Crippen molar-refractivity contribution in [2.24, 2.45) is 5.14 Å². The first kappa shape index (κ1) is 19.9. The van der Waals surface area contributed by atoms with Gasteiger partial charge in [0.25, 0.3) is 0 Å². The molecule has 0 bridgehead atoms. The highest BCUT2D eigenvalue weighted by Gasteiger charge is 2.15. The summed E-state index contributed by atoms with van der Waals surface area (Å²) in [4.78, 5) is 7.93. The van der Waals surface area contributed by atoms with Crippen LogP contribution in [0.1, 0.15) is 18.3 Å². The molecule has 1 heterocycles. The average Bonchev–Trinajstić information content (AvgIpc) is 3.15. The van der Waals surface area contributed by atoms with Gasteiger partial charge in [-0.05, 0) is 54.5 Å². The number of imidazole rings is 1. The van der Waals surface area contributed by atoms with Gasteiger partial charge in [-0.1, -0.05) is 42.5 Å². The molecule has 3 N–H and O–H groups in total. The molecule has 1 aromatic heterocycles. The van der Waals surface area contributed by atoms with Crippen LogP contribution in [0.5, 0.6) is 5.75 Å². The van der Waals surface area contributed by atoms with E-state index in [9.17, 15) is 8.42 Å². The van der Waals surface area contributed by atoms with E-state index in [1.165, 1.54) is 6.07 Å². The Morgan fingerprint density at radius 1 is 1.03 bits per heavy atom. The fourth-order valence-electron chi connectivity index (χ4n) is 3.25. The average molecular weight is 420 g/mol. The number of hydrogen-bond acceptors (Lipinski definition) is 4. The maximum atomic E-state index is 11.9. The largest absolute Gasteiger partial charge is 0.494 e. The molecule has 4 rings (SSSR count). The second-order valence-electron chi connectivity index (χ2n) is 6.73. The normalized spacial score (nSPS) is 11.9. The number of nitrogens with two attached hydrogens (primary N) is 1. The lowest BCUT2D eigenvalue weighted by Gasteiger charge is -2.07. The van der Waals surface area contributed by atoms with E-state index in [0.717, 1.165) is 27.9 Å². The van der Waals surface area contributed by atoms with E-state index >= 15 is 0 Å². The SMILES string of the molecule is CCOc1ccc(/C=C/c2nc3ccc(-c4ccccc4S(N)(=O)=O)cc3[nH]2)cc1. The van der Waals surface area contributed by atoms with Crippen LogP contribution >= 0.6 is 0 Å². The topological polar surface area (TPSA) is 98.1 Å². The summed E-state index contributed by atoms with van der Waals surface area (Å²) in [5.41, 5.74) is 3.93. The minimum atomic E-state index is -3.82. The number of nitrogens with zero attached hydrogens (tertiary/aromatic N) is 1. The lowest BCUT2D eigenvalue weighted by molar-refractivity contribution is 0.340. The lowest BCUT2D eigenvalue weighted by Crippen LogP contribution is -2.13. The summed E-state index contributed by atoms with van der Waals surface area (Å²) in [5, 5.41) is 5.37. The van der Waals surface area contributed by atoms with Crippen LogP contribution in [-0.4, -0.2) is 25.0 Å². The highest BCUT2D eigenvalue weighted by atomic mass is 32.2. The molecule has 0 amide bonds. The number of primary sulfonamides is 1. The molecule has 4 aromatic rings. The van der Waals surface area contributed by atoms with Gasteiger partial charge in [0, 0.05) is 5.56 Å². The third kappa shape index (κ3) is 4.27. The van der Waals surface area contributed by atoms with Crippen LogP contribution in [0.25, 0.3) is 34.3 Å². The van der Waals surface area contributed by atoms with Crippen molar-refractivity contribution in [2.45, 2.75) is 11.8 Å². The van der Waals surface area contributed by atoms with E-state index in [-0.39, 0.29) is 4.90 Å². The van der Waals surface area contributed by atoms with Crippen molar-refractivity contribution in [1.82, 2.24) is 9.97 Å². The number of ether oxygens (including phenoxy) is 1. The predicted molar refractivity (Wildman–Crippen MR) is 119 cm³/mol. The van der Waals surface area contributed by atoms with Crippen LogP contribution in [-0.2, 0) is 10.0 Å². The highest BCUT2D eigenvalue weighted by Crippen LogP contribution is 2.29. The van der Waals surface area contributed by atoms with Crippen molar-refractivity contribution in [3.05, 3.63) is 78.1 Å². The van der Waals surface area contributed by atoms with Crippen LogP contribution in [0.15, 0.2) is 71.6 Å². The van der Waals surface area contributed by atoms with Gasteiger partial charge in [0.05, 0.1) is 22.5 Å². The molecule has 6 nitrogen and oxygen atoms in total. The number of rotatable bonds is 6. The molecule has 0 fully saturated rings. The zero-order chi connectivity index (χ0) is 21.1. The fraction of sp³-hybridized carbons (Fsp3) is 0.0870. The molecule has 0 aliphatic rings. The minimum absolute atomic E-state index is 0.0967. The summed E-state index contributed by atoms with van der Waals surface area (Å²) >= 11 is 0. The first-order chi connectivity index (χ1) is 14.4. The number of nitrogens with one attached hydrogen (secondary N) is 1. The smallest absolute Gasteiger partial charge is 0.238 e. The Morgan fingerprint density at radius 3 is 2.53 bits per heavy atom. The summed E-state index contributed by atoms with van der Waals surface area (Å²) in [6.07, 6.45) is 3.86. The molecule has 7 heteroatoms. The van der Waals surface area contributed by atoms with E-state index in [0.29, 0.717) is 18.0 Å². The van der Waals surface area contributed by atoms with Crippen LogP contribution in [0.4, 0.5) is 0 Å². The van der Waals surface area contributed by atoms with Gasteiger partial charge in [-0.25, -0.2) is 18.5 Å². The van der Waals surface area contributed by atoms with Crippen LogP contribution in [0, 0.1) is 0 Å². The molecular weight excluding hydrogens is 398 g/mol. The van der Waals surface area contributed by atoms with E-state index in [2.05, 4.69) is 9.97 Å². The van der Waals surface area contributed by atoms with E-state index in [1.807, 2.05) is 61.5 Å². The molecule has 0 atom stereocenters. The summed E-state index contributed by atoms with van der Waals surface area (Å²) in [6, 6.07) is 20.1. The maximum Gasteiger partial charge on any atom is 0.238 e. The molecule has 0 aliphatic heterocycles. The van der Waals surface area contributed by atoms with Gasteiger partial charge in [-0.2, -0.15) is 0 Å². The number of benzene rings is 3. The Labute approximate surface area is 175 Å². The van der Waals surface area contributed by atoms with Gasteiger partial charge in [0.2, 0.25) is 10.0 Å². The molecule has 3 aromatic carbocycles. The van der Waals surface area contributed by atoms with Crippen molar-refractivity contribution >= 4 is 33.2 Å². The molecule has 0 radical (unpaired) electrons. The van der Waals surface area contributed by atoms with Crippen LogP contribution in [0.2, 0.25) is 0 Å². The van der Waals surface area contributed by atoms with Crippen LogP contribution in [0.3, 0.4) is 0 Å². The number of H-pyrrole nitrogens is 1. The summed E-state index contributed by atoms with van der Waals surface area (Å²) in [7, 11) is -3.82. The van der Waals surface area contributed by atoms with E-state index in [4.69, 9.17) is 9.88 Å². The molecule has 0 spiro atoms. The van der Waals surface area contributed by atoms with Gasteiger partial charge in [-0.3, -0.25) is 0 Å². The Morgan fingerprint density at radius 2 is 1.80 bits per heavy atom. The first-order valence-electron chi connectivity index (χ1n) is 9.47. The summed E-state index contributed by atoms with van der Waals surface area (Å²) < 4.78 is 29.3. The van der Waals surface area contributed by atoms with Crippen molar-refractivity contribution in [3.8, 4) is 16.9 Å². The zero-order valence-corrected chi connectivity index (χ0v) is 17.2. The Balaban J connectivity index is 1.64. The van der Waals surface area contributed by atoms with Gasteiger partial charge in [-0.15, -0.1) is 0 Å². The summed E-state index contributed by atoms with van der Waals surface area (Å²) in [6.45, 7) is 2.59. The van der Waals surface area contributed by atoms with Gasteiger partial charge < -0.3 is 9.72 Å². The Bertz CT molecular complexity index is 1320. The monoisotopic (exact) mass is 419 g/mol. The molecule has 30 heavy (non-hydrogen) atoms. The van der Waals surface area contributed by atoms with Crippen molar-refractivity contribution < 1.29 is 13.2 Å². The quantitative estimate of drug-likeness (QED) is 0.482. The van der Waals surface area contributed by atoms with E-state index < -0.39 is 10.0 Å². The Hall–Kier alpha value is -3.42. The zero-order valence-electron chi connectivity index (χ0n) is 16.4. The third-order valence-electron chi connectivity index (χ3n) is 4.63. The fourth-order valence-corrected chi connectivity index (χ4v) is 4.01. The molecule has 0 saturated heterocycles. The number of hydrogen-bond donors (Lipinski definition) is 2. The minimum Gasteiger partial charge on any atom is -0.494 e. The van der Waals surface area contributed by atoms with E-state index in [1.54, 1.807) is 18.2 Å². The second-order valence-corrected chi connectivity index (χ2v) is 8.26. The Kier molecular flexibility index (Phi) is 5.39. The van der Waals surface area contributed by atoms with Crippen LogP contribution < -0.4 is 9.88 Å². The third-order valence-corrected chi connectivity index (χ3v) is 5.60. The van der Waals surface area contributed by atoms with Crippen molar-refractivity contribution in [2.75, 3.05) is 6.61 Å². The first-order valence-corrected chi connectivity index (χ1v) is 11.0. The van der Waals surface area contributed by atoms with Crippen molar-refractivity contribution in [1.29, 1.82) is 0 Å². The second kappa shape index (κ2) is 8.14. The lowest BCUT2D eigenvalue weighted by atomic mass is 10.1. The number of aromatic amines is 1. The number of sulfonamides is 1.